The molecule has 0 aliphatic carbocycles. The molecular formula is C29H32Cl2N4O6S. The highest BCUT2D eigenvalue weighted by Gasteiger charge is 2.34. The summed E-state index contributed by atoms with van der Waals surface area (Å²) in [6.45, 7) is 4.79. The Morgan fingerprint density at radius 1 is 0.952 bits per heavy atom. The van der Waals surface area contributed by atoms with E-state index < -0.39 is 33.4 Å². The third-order valence-corrected chi connectivity index (χ3v) is 9.21. The lowest BCUT2D eigenvalue weighted by Gasteiger charge is -2.33. The fraction of sp³-hybridized carbons (Fsp3) is 0.310. The Morgan fingerprint density at radius 2 is 1.60 bits per heavy atom. The maximum atomic E-state index is 14.1. The predicted molar refractivity (Wildman–Crippen MR) is 163 cm³/mol. The SMILES string of the molecule is CC[C@@H](C)NC(=O)[C@H](CC)N(Cc1ccc(Cl)c(Cl)c1)C(=O)CN(c1ccc([N+](=O)[O-])cc1)S(=O)(=O)c1ccccc1. The fourth-order valence-electron chi connectivity index (χ4n) is 4.18. The first-order valence-corrected chi connectivity index (χ1v) is 15.4. The van der Waals surface area contributed by atoms with Crippen molar-refractivity contribution < 1.29 is 22.9 Å². The molecule has 13 heteroatoms. The summed E-state index contributed by atoms with van der Waals surface area (Å²) < 4.78 is 28.5. The van der Waals surface area contributed by atoms with E-state index in [-0.39, 0.29) is 46.2 Å². The standard InChI is InChI=1S/C29H32Cl2N4O6S/c1-4-20(3)32-29(37)27(5-2)33(18-21-11-16-25(30)26(31)17-21)28(36)19-34(22-12-14-23(15-13-22)35(38)39)42(40,41)24-9-7-6-8-10-24/h6-17,20,27H,4-5,18-19H2,1-3H3,(H,32,37)/t20-,27+/m1/s1. The van der Waals surface area contributed by atoms with Crippen LogP contribution in [0.1, 0.15) is 39.2 Å². The number of nitro benzene ring substituents is 1. The second-order valence-corrected chi connectivity index (χ2v) is 12.3. The lowest BCUT2D eigenvalue weighted by atomic mass is 10.1. The molecule has 2 atom stereocenters. The van der Waals surface area contributed by atoms with Gasteiger partial charge < -0.3 is 10.2 Å². The van der Waals surface area contributed by atoms with Crippen molar-refractivity contribution in [2.24, 2.45) is 0 Å². The highest BCUT2D eigenvalue weighted by Crippen LogP contribution is 2.28. The molecule has 3 rings (SSSR count). The van der Waals surface area contributed by atoms with Gasteiger partial charge in [-0.15, -0.1) is 0 Å². The van der Waals surface area contributed by atoms with Crippen molar-refractivity contribution in [3.8, 4) is 0 Å². The minimum atomic E-state index is -4.30. The summed E-state index contributed by atoms with van der Waals surface area (Å²) in [7, 11) is -4.30. The number of benzene rings is 3. The fourth-order valence-corrected chi connectivity index (χ4v) is 5.94. The molecule has 0 bridgehead atoms. The number of nitro groups is 1. The van der Waals surface area contributed by atoms with Gasteiger partial charge in [0.1, 0.15) is 12.6 Å². The summed E-state index contributed by atoms with van der Waals surface area (Å²) in [4.78, 5) is 39.2. The molecule has 3 aromatic carbocycles. The van der Waals surface area contributed by atoms with Crippen molar-refractivity contribution in [2.75, 3.05) is 10.8 Å². The quantitative estimate of drug-likeness (QED) is 0.186. The largest absolute Gasteiger partial charge is 0.352 e. The topological polar surface area (TPSA) is 130 Å². The van der Waals surface area contributed by atoms with Gasteiger partial charge in [0.2, 0.25) is 11.8 Å². The number of hydrogen-bond donors (Lipinski definition) is 1. The van der Waals surface area contributed by atoms with Crippen LogP contribution in [0.4, 0.5) is 11.4 Å². The van der Waals surface area contributed by atoms with Crippen molar-refractivity contribution in [2.45, 2.75) is 57.1 Å². The van der Waals surface area contributed by atoms with Gasteiger partial charge >= 0.3 is 0 Å². The maximum absolute atomic E-state index is 14.1. The number of hydrogen-bond acceptors (Lipinski definition) is 6. The highest BCUT2D eigenvalue weighted by molar-refractivity contribution is 7.92. The van der Waals surface area contributed by atoms with Crippen LogP contribution in [-0.4, -0.2) is 48.7 Å². The molecule has 0 aromatic heterocycles. The lowest BCUT2D eigenvalue weighted by Crippen LogP contribution is -2.53. The number of nitrogens with zero attached hydrogens (tertiary/aromatic N) is 3. The van der Waals surface area contributed by atoms with Crippen molar-refractivity contribution in [3.63, 3.8) is 0 Å². The monoisotopic (exact) mass is 634 g/mol. The molecule has 10 nitrogen and oxygen atoms in total. The summed E-state index contributed by atoms with van der Waals surface area (Å²) in [5, 5.41) is 14.7. The molecule has 0 spiro atoms. The van der Waals surface area contributed by atoms with Gasteiger partial charge in [0.05, 0.1) is 25.6 Å². The zero-order valence-corrected chi connectivity index (χ0v) is 25.7. The van der Waals surface area contributed by atoms with Crippen LogP contribution in [0, 0.1) is 10.1 Å². The number of amides is 2. The van der Waals surface area contributed by atoms with Crippen LogP contribution >= 0.6 is 23.2 Å². The number of nitrogens with one attached hydrogen (secondary N) is 1. The van der Waals surface area contributed by atoms with Crippen molar-refractivity contribution in [1.82, 2.24) is 10.2 Å². The first-order chi connectivity index (χ1) is 19.9. The number of sulfonamides is 1. The molecule has 0 aliphatic heterocycles. The highest BCUT2D eigenvalue weighted by atomic mass is 35.5. The zero-order chi connectivity index (χ0) is 31.0. The Morgan fingerprint density at radius 3 is 2.14 bits per heavy atom. The molecule has 0 fully saturated rings. The number of halogens is 2. The minimum Gasteiger partial charge on any atom is -0.352 e. The molecule has 0 unspecified atom stereocenters. The van der Waals surface area contributed by atoms with Gasteiger partial charge in [0.25, 0.3) is 15.7 Å². The third-order valence-electron chi connectivity index (χ3n) is 6.68. The summed E-state index contributed by atoms with van der Waals surface area (Å²) >= 11 is 12.3. The van der Waals surface area contributed by atoms with E-state index in [1.54, 1.807) is 43.3 Å². The van der Waals surface area contributed by atoms with Gasteiger partial charge in [-0.05, 0) is 61.7 Å². The van der Waals surface area contributed by atoms with Crippen LogP contribution < -0.4 is 9.62 Å². The van der Waals surface area contributed by atoms with E-state index in [4.69, 9.17) is 23.2 Å². The van der Waals surface area contributed by atoms with Crippen molar-refractivity contribution in [1.29, 1.82) is 0 Å². The number of anilines is 1. The second-order valence-electron chi connectivity index (χ2n) is 9.61. The van der Waals surface area contributed by atoms with E-state index in [1.807, 2.05) is 13.8 Å². The molecule has 224 valence electrons. The average molecular weight is 636 g/mol. The van der Waals surface area contributed by atoms with Crippen LogP contribution in [0.5, 0.6) is 0 Å². The molecule has 0 saturated heterocycles. The van der Waals surface area contributed by atoms with Gasteiger partial charge in [-0.1, -0.05) is 61.3 Å². The van der Waals surface area contributed by atoms with Crippen molar-refractivity contribution >= 4 is 56.4 Å². The summed E-state index contributed by atoms with van der Waals surface area (Å²) in [5.74, 6) is -1.04. The minimum absolute atomic E-state index is 0.0457. The molecule has 0 radical (unpaired) electrons. The number of carbonyl (C=O) groups is 2. The number of carbonyl (C=O) groups excluding carboxylic acids is 2. The molecular weight excluding hydrogens is 603 g/mol. The zero-order valence-electron chi connectivity index (χ0n) is 23.4. The van der Waals surface area contributed by atoms with E-state index in [9.17, 15) is 28.1 Å². The Bertz CT molecular complexity index is 1520. The molecule has 1 N–H and O–H groups in total. The van der Waals surface area contributed by atoms with E-state index >= 15 is 0 Å². The number of rotatable bonds is 13. The van der Waals surface area contributed by atoms with Gasteiger partial charge in [0.15, 0.2) is 0 Å². The van der Waals surface area contributed by atoms with E-state index in [2.05, 4.69) is 5.32 Å². The van der Waals surface area contributed by atoms with Crippen LogP contribution in [-0.2, 0) is 26.2 Å². The van der Waals surface area contributed by atoms with Gasteiger partial charge in [0, 0.05) is 24.7 Å². The van der Waals surface area contributed by atoms with Gasteiger partial charge in [-0.3, -0.25) is 24.0 Å². The maximum Gasteiger partial charge on any atom is 0.269 e. The van der Waals surface area contributed by atoms with Crippen LogP contribution in [0.3, 0.4) is 0 Å². The van der Waals surface area contributed by atoms with E-state index in [1.165, 1.54) is 29.2 Å². The predicted octanol–water partition coefficient (Wildman–Crippen LogP) is 5.82. The van der Waals surface area contributed by atoms with E-state index in [0.29, 0.717) is 17.0 Å². The van der Waals surface area contributed by atoms with Gasteiger partial charge in [-0.25, -0.2) is 8.42 Å². The third kappa shape index (κ3) is 7.99. The molecule has 2 amide bonds. The Hall–Kier alpha value is -3.67. The van der Waals surface area contributed by atoms with Crippen molar-refractivity contribution in [3.05, 3.63) is 98.5 Å². The van der Waals surface area contributed by atoms with Gasteiger partial charge in [-0.2, -0.15) is 0 Å². The van der Waals surface area contributed by atoms with E-state index in [0.717, 1.165) is 16.4 Å². The first kappa shape index (κ1) is 32.8. The lowest BCUT2D eigenvalue weighted by molar-refractivity contribution is -0.384. The van der Waals surface area contributed by atoms with Crippen LogP contribution in [0.2, 0.25) is 10.0 Å². The Labute approximate surface area is 255 Å². The Kier molecular flexibility index (Phi) is 11.3. The smallest absolute Gasteiger partial charge is 0.269 e. The molecule has 0 aliphatic rings. The second kappa shape index (κ2) is 14.5. The first-order valence-electron chi connectivity index (χ1n) is 13.2. The average Bonchev–Trinajstić information content (AvgIpc) is 2.97. The summed E-state index contributed by atoms with van der Waals surface area (Å²) in [6.07, 6.45) is 0.921. The molecule has 0 saturated carbocycles. The molecule has 3 aromatic rings. The van der Waals surface area contributed by atoms with Crippen LogP contribution in [0.15, 0.2) is 77.7 Å². The summed E-state index contributed by atoms with van der Waals surface area (Å²) in [6, 6.07) is 16.1. The molecule has 0 heterocycles. The summed E-state index contributed by atoms with van der Waals surface area (Å²) in [5.41, 5.74) is 0.390. The number of non-ortho nitro benzene ring substituents is 1. The molecule has 42 heavy (non-hydrogen) atoms. The normalized spacial score (nSPS) is 12.7. The van der Waals surface area contributed by atoms with Crippen LogP contribution in [0.25, 0.3) is 0 Å². The Balaban J connectivity index is 2.08.